The summed E-state index contributed by atoms with van der Waals surface area (Å²) in [5, 5.41) is 11.3. The molecule has 130 valence electrons. The molecule has 0 spiro atoms. The van der Waals surface area contributed by atoms with E-state index in [0.29, 0.717) is 32.1 Å². The number of morpholine rings is 1. The van der Waals surface area contributed by atoms with Gasteiger partial charge in [0, 0.05) is 33.2 Å². The van der Waals surface area contributed by atoms with Crippen molar-refractivity contribution in [3.8, 4) is 0 Å². The quantitative estimate of drug-likeness (QED) is 0.763. The van der Waals surface area contributed by atoms with Crippen molar-refractivity contribution < 1.29 is 13.2 Å². The molecule has 0 aromatic carbocycles. The van der Waals surface area contributed by atoms with Crippen LogP contribution in [0, 0.1) is 5.41 Å². The molecule has 1 unspecified atom stereocenters. The number of aromatic nitrogens is 4. The molecule has 2 fully saturated rings. The van der Waals surface area contributed by atoms with Gasteiger partial charge in [0.1, 0.15) is 6.10 Å². The molecular weight excluding hydrogens is 320 g/mol. The molecule has 2 aliphatic rings. The van der Waals surface area contributed by atoms with E-state index in [2.05, 4.69) is 29.4 Å². The average molecular weight is 344 g/mol. The maximum Gasteiger partial charge on any atom is 0.282 e. The van der Waals surface area contributed by atoms with Gasteiger partial charge in [-0.05, 0) is 28.7 Å². The Balaban J connectivity index is 1.72. The van der Waals surface area contributed by atoms with E-state index in [-0.39, 0.29) is 12.0 Å². The predicted octanol–water partition coefficient (Wildman–Crippen LogP) is -0.0498. The van der Waals surface area contributed by atoms with E-state index in [0.717, 1.165) is 12.8 Å². The Morgan fingerprint density at radius 3 is 2.48 bits per heavy atom. The minimum absolute atomic E-state index is 0.212. The lowest BCUT2D eigenvalue weighted by Gasteiger charge is -2.40. The van der Waals surface area contributed by atoms with Gasteiger partial charge in [0.05, 0.1) is 6.61 Å². The summed E-state index contributed by atoms with van der Waals surface area (Å²) in [5.74, 6) is 0.546. The zero-order chi connectivity index (χ0) is 16.7. The Labute approximate surface area is 136 Å². The largest absolute Gasteiger partial charge is 0.367 e. The molecule has 10 heteroatoms. The summed E-state index contributed by atoms with van der Waals surface area (Å²) < 4.78 is 36.0. The molecule has 0 radical (unpaired) electrons. The number of tetrazole rings is 1. The molecule has 23 heavy (non-hydrogen) atoms. The van der Waals surface area contributed by atoms with Gasteiger partial charge < -0.3 is 4.74 Å². The molecule has 0 bridgehead atoms. The van der Waals surface area contributed by atoms with Gasteiger partial charge in [-0.2, -0.15) is 17.0 Å². The fourth-order valence-electron chi connectivity index (χ4n) is 2.99. The van der Waals surface area contributed by atoms with Crippen molar-refractivity contribution in [1.29, 1.82) is 0 Å². The second kappa shape index (κ2) is 6.08. The molecule has 2 saturated heterocycles. The minimum Gasteiger partial charge on any atom is -0.367 e. The first-order chi connectivity index (χ1) is 10.8. The highest BCUT2D eigenvalue weighted by atomic mass is 32.2. The van der Waals surface area contributed by atoms with E-state index in [9.17, 15) is 8.42 Å². The van der Waals surface area contributed by atoms with Crippen LogP contribution in [0.2, 0.25) is 0 Å². The van der Waals surface area contributed by atoms with Crippen molar-refractivity contribution in [3.63, 3.8) is 0 Å². The maximum absolute atomic E-state index is 12.9. The van der Waals surface area contributed by atoms with Crippen molar-refractivity contribution >= 4 is 10.2 Å². The first-order valence-corrected chi connectivity index (χ1v) is 9.28. The summed E-state index contributed by atoms with van der Waals surface area (Å²) in [5.41, 5.74) is 0.212. The Morgan fingerprint density at radius 2 is 1.87 bits per heavy atom. The van der Waals surface area contributed by atoms with Crippen LogP contribution in [0.5, 0.6) is 0 Å². The number of ether oxygens (including phenoxy) is 1. The molecule has 0 saturated carbocycles. The molecule has 0 amide bonds. The van der Waals surface area contributed by atoms with Crippen LogP contribution in [0.1, 0.15) is 38.6 Å². The molecule has 2 aliphatic heterocycles. The number of hydrogen-bond acceptors (Lipinski definition) is 6. The van der Waals surface area contributed by atoms with Gasteiger partial charge in [0.15, 0.2) is 5.82 Å². The molecule has 0 N–H and O–H groups in total. The zero-order valence-electron chi connectivity index (χ0n) is 13.8. The second-order valence-electron chi connectivity index (χ2n) is 6.95. The molecule has 1 aromatic rings. The summed E-state index contributed by atoms with van der Waals surface area (Å²) in [6.45, 7) is 6.47. The van der Waals surface area contributed by atoms with Crippen LogP contribution in [0.15, 0.2) is 0 Å². The van der Waals surface area contributed by atoms with E-state index in [4.69, 9.17) is 4.74 Å². The van der Waals surface area contributed by atoms with Gasteiger partial charge in [0.25, 0.3) is 10.2 Å². The van der Waals surface area contributed by atoms with Crippen molar-refractivity contribution in [3.05, 3.63) is 5.82 Å². The van der Waals surface area contributed by atoms with E-state index in [1.54, 1.807) is 11.4 Å². The summed E-state index contributed by atoms with van der Waals surface area (Å²) >= 11 is 0. The van der Waals surface area contributed by atoms with Crippen LogP contribution >= 0.6 is 0 Å². The number of hydrogen-bond donors (Lipinski definition) is 0. The zero-order valence-corrected chi connectivity index (χ0v) is 14.7. The maximum atomic E-state index is 12.9. The van der Waals surface area contributed by atoms with Crippen LogP contribution in [-0.2, 0) is 22.0 Å². The Kier molecular flexibility index (Phi) is 4.43. The first kappa shape index (κ1) is 16.7. The number of piperidine rings is 1. The normalized spacial score (nSPS) is 27.2. The second-order valence-corrected chi connectivity index (χ2v) is 8.88. The number of aryl methyl sites for hydroxylation is 1. The van der Waals surface area contributed by atoms with Crippen LogP contribution in [0.3, 0.4) is 0 Å². The molecule has 1 aromatic heterocycles. The Morgan fingerprint density at radius 1 is 1.17 bits per heavy atom. The third-order valence-corrected chi connectivity index (χ3v) is 6.70. The predicted molar refractivity (Wildman–Crippen MR) is 82.6 cm³/mol. The summed E-state index contributed by atoms with van der Waals surface area (Å²) in [6, 6.07) is 0. The Hall–Kier alpha value is -1.10. The molecule has 3 rings (SSSR count). The van der Waals surface area contributed by atoms with Crippen LogP contribution < -0.4 is 0 Å². The molecule has 0 aliphatic carbocycles. The smallest absolute Gasteiger partial charge is 0.282 e. The van der Waals surface area contributed by atoms with Crippen LogP contribution in [-0.4, -0.2) is 70.0 Å². The SMILES string of the molecule is Cn1nnnc1C1CN(S(=O)(=O)N2CCC(C)(C)CC2)CCO1. The summed E-state index contributed by atoms with van der Waals surface area (Å²) in [7, 11) is -1.74. The number of nitrogens with zero attached hydrogens (tertiary/aromatic N) is 6. The Bertz CT molecular complexity index is 648. The van der Waals surface area contributed by atoms with Gasteiger partial charge in [-0.3, -0.25) is 0 Å². The molecule has 1 atom stereocenters. The summed E-state index contributed by atoms with van der Waals surface area (Å²) in [4.78, 5) is 0. The highest BCUT2D eigenvalue weighted by Crippen LogP contribution is 2.32. The van der Waals surface area contributed by atoms with Crippen LogP contribution in [0.25, 0.3) is 0 Å². The van der Waals surface area contributed by atoms with E-state index < -0.39 is 16.3 Å². The van der Waals surface area contributed by atoms with Gasteiger partial charge in [-0.25, -0.2) is 4.68 Å². The topological polar surface area (TPSA) is 93.5 Å². The van der Waals surface area contributed by atoms with Gasteiger partial charge >= 0.3 is 0 Å². The van der Waals surface area contributed by atoms with E-state index in [1.807, 2.05) is 0 Å². The molecular formula is C13H24N6O3S. The highest BCUT2D eigenvalue weighted by Gasteiger charge is 2.38. The lowest BCUT2D eigenvalue weighted by atomic mass is 9.83. The van der Waals surface area contributed by atoms with Crippen LogP contribution in [0.4, 0.5) is 0 Å². The number of rotatable bonds is 3. The van der Waals surface area contributed by atoms with Crippen molar-refractivity contribution in [2.75, 3.05) is 32.8 Å². The standard InChI is InChI=1S/C13H24N6O3S/c1-13(2)4-6-18(7-5-13)23(20,21)19-8-9-22-11(10-19)12-14-15-16-17(12)3/h11H,4-10H2,1-3H3. The fraction of sp³-hybridized carbons (Fsp3) is 0.923. The van der Waals surface area contributed by atoms with E-state index >= 15 is 0 Å². The van der Waals surface area contributed by atoms with Crippen molar-refractivity contribution in [2.45, 2.75) is 32.8 Å². The molecule has 9 nitrogen and oxygen atoms in total. The summed E-state index contributed by atoms with van der Waals surface area (Å²) in [6.07, 6.45) is 1.33. The van der Waals surface area contributed by atoms with E-state index in [1.165, 1.54) is 8.99 Å². The lowest BCUT2D eigenvalue weighted by molar-refractivity contribution is -0.0117. The average Bonchev–Trinajstić information content (AvgIpc) is 2.93. The monoisotopic (exact) mass is 344 g/mol. The minimum atomic E-state index is -3.46. The third kappa shape index (κ3) is 3.39. The van der Waals surface area contributed by atoms with Crippen molar-refractivity contribution in [2.24, 2.45) is 12.5 Å². The van der Waals surface area contributed by atoms with Gasteiger partial charge in [0.2, 0.25) is 0 Å². The van der Waals surface area contributed by atoms with Gasteiger partial charge in [-0.15, -0.1) is 5.10 Å². The first-order valence-electron chi connectivity index (χ1n) is 7.89. The lowest BCUT2D eigenvalue weighted by Crippen LogP contribution is -2.52. The molecule has 3 heterocycles. The van der Waals surface area contributed by atoms with Gasteiger partial charge in [-0.1, -0.05) is 13.8 Å². The van der Waals surface area contributed by atoms with Crippen molar-refractivity contribution in [1.82, 2.24) is 28.8 Å². The fourth-order valence-corrected chi connectivity index (χ4v) is 4.59. The highest BCUT2D eigenvalue weighted by molar-refractivity contribution is 7.86. The third-order valence-electron chi connectivity index (χ3n) is 4.70.